The molecule has 2 unspecified atom stereocenters. The number of amides is 2. The van der Waals surface area contributed by atoms with Gasteiger partial charge in [-0.2, -0.15) is 0 Å². The first-order chi connectivity index (χ1) is 7.15. The second-order valence-corrected chi connectivity index (χ2v) is 3.71. The van der Waals surface area contributed by atoms with E-state index >= 15 is 0 Å². The molecule has 2 amide bonds. The molecule has 2 saturated heterocycles. The molecule has 2 heterocycles. The molecule has 0 aromatic heterocycles. The second-order valence-electron chi connectivity index (χ2n) is 3.71. The zero-order valence-electron chi connectivity index (χ0n) is 9.20. The Kier molecular flexibility index (Phi) is 4.19. The van der Waals surface area contributed by atoms with Crippen LogP contribution in [0, 0.1) is 0 Å². The van der Waals surface area contributed by atoms with E-state index in [1.54, 1.807) is 23.9 Å². The summed E-state index contributed by atoms with van der Waals surface area (Å²) in [5, 5.41) is 15.0. The van der Waals surface area contributed by atoms with Gasteiger partial charge in [-0.1, -0.05) is 0 Å². The minimum absolute atomic E-state index is 0. The van der Waals surface area contributed by atoms with Gasteiger partial charge in [-0.3, -0.25) is 25.4 Å². The topological polar surface area (TPSA) is 81.8 Å². The van der Waals surface area contributed by atoms with Crippen LogP contribution in [0.3, 0.4) is 0 Å². The summed E-state index contributed by atoms with van der Waals surface area (Å²) in [6.45, 7) is 0.558. The van der Waals surface area contributed by atoms with Crippen LogP contribution in [0.4, 0.5) is 4.79 Å². The highest BCUT2D eigenvalue weighted by Gasteiger charge is 2.51. The monoisotopic (exact) mass is 341 g/mol. The lowest BCUT2D eigenvalue weighted by Gasteiger charge is -2.12. The molecule has 7 nitrogen and oxygen atoms in total. The van der Waals surface area contributed by atoms with Gasteiger partial charge in [0.1, 0.15) is 0 Å². The molecule has 0 aliphatic carbocycles. The minimum atomic E-state index is -0.0521. The van der Waals surface area contributed by atoms with Crippen LogP contribution in [0.2, 0.25) is 0 Å². The number of fused-ring (bicyclic) bond motifs is 1. The number of rotatable bonds is 2. The van der Waals surface area contributed by atoms with E-state index in [2.05, 4.69) is 15.6 Å². The van der Waals surface area contributed by atoms with Crippen LogP contribution in [-0.2, 0) is 0 Å². The van der Waals surface area contributed by atoms with Gasteiger partial charge in [0, 0.05) is 14.1 Å². The second kappa shape index (κ2) is 5.04. The predicted molar refractivity (Wildman–Crippen MR) is 52.7 cm³/mol. The maximum absolute atomic E-state index is 11.5. The lowest BCUT2D eigenvalue weighted by Crippen LogP contribution is -3.00. The Morgan fingerprint density at radius 2 is 1.81 bits per heavy atom. The third-order valence-corrected chi connectivity index (χ3v) is 2.74. The van der Waals surface area contributed by atoms with Gasteiger partial charge in [0.05, 0.1) is 13.2 Å². The normalized spacial score (nSPS) is 27.2. The summed E-state index contributed by atoms with van der Waals surface area (Å²) in [7, 11) is 3.51. The third-order valence-electron chi connectivity index (χ3n) is 2.74. The Labute approximate surface area is 111 Å². The Balaban J connectivity index is 0.00000128. The van der Waals surface area contributed by atoms with Crippen molar-refractivity contribution in [2.45, 2.75) is 12.3 Å². The van der Waals surface area contributed by atoms with E-state index in [1.807, 2.05) is 0 Å². The first kappa shape index (κ1) is 13.3. The van der Waals surface area contributed by atoms with E-state index < -0.39 is 0 Å². The number of halogens is 1. The Morgan fingerprint density at radius 1 is 1.31 bits per heavy atom. The van der Waals surface area contributed by atoms with E-state index in [0.29, 0.717) is 6.54 Å². The van der Waals surface area contributed by atoms with Gasteiger partial charge in [-0.15, -0.1) is 0 Å². The largest absolute Gasteiger partial charge is 1.00 e. The fourth-order valence-electron chi connectivity index (χ4n) is 1.88. The zero-order valence-corrected chi connectivity index (χ0v) is 11.4. The minimum Gasteiger partial charge on any atom is -1.00 e. The molecule has 2 aliphatic heterocycles. The molecule has 2 rings (SSSR count). The van der Waals surface area contributed by atoms with Crippen LogP contribution >= 0.6 is 0 Å². The standard InChI is InChI=1S/C8H15N5O2.HI/c1-12-5-6(13(2)8(12)15)11-7(10-5)9-3-4-14;/h5-6,14H,3-4H2,1-2H3,(H2,9,10,11);1H. The van der Waals surface area contributed by atoms with E-state index in [0.717, 1.165) is 5.96 Å². The van der Waals surface area contributed by atoms with Crippen LogP contribution in [0.1, 0.15) is 0 Å². The number of nitrogens with one attached hydrogen (secondary N) is 3. The zero-order chi connectivity index (χ0) is 11.0. The molecule has 16 heavy (non-hydrogen) atoms. The van der Waals surface area contributed by atoms with E-state index in [4.69, 9.17) is 5.11 Å². The van der Waals surface area contributed by atoms with Crippen LogP contribution in [0.15, 0.2) is 0 Å². The Bertz CT molecular complexity index is 289. The molecule has 4 N–H and O–H groups in total. The smallest absolute Gasteiger partial charge is 0.347 e. The molecule has 0 aromatic rings. The maximum Gasteiger partial charge on any atom is 0.347 e. The lowest BCUT2D eigenvalue weighted by molar-refractivity contribution is -0.464. The van der Waals surface area contributed by atoms with Gasteiger partial charge in [0.15, 0.2) is 0 Å². The fraction of sp³-hybridized carbons (Fsp3) is 0.750. The first-order valence-corrected chi connectivity index (χ1v) is 4.89. The molecular weight excluding hydrogens is 325 g/mol. The predicted octanol–water partition coefficient (Wildman–Crippen LogP) is -6.74. The number of hydrogen-bond acceptors (Lipinski definition) is 2. The summed E-state index contributed by atoms with van der Waals surface area (Å²) in [5.74, 6) is 0.755. The van der Waals surface area contributed by atoms with E-state index in [1.165, 1.54) is 0 Å². The maximum atomic E-state index is 11.5. The average molecular weight is 341 g/mol. The molecule has 0 saturated carbocycles. The number of hydrogen-bond donors (Lipinski definition) is 4. The van der Waals surface area contributed by atoms with Crippen molar-refractivity contribution in [1.82, 2.24) is 20.4 Å². The molecule has 0 aromatic carbocycles. The van der Waals surface area contributed by atoms with Crippen molar-refractivity contribution in [3.05, 3.63) is 0 Å². The third kappa shape index (κ3) is 2.03. The summed E-state index contributed by atoms with van der Waals surface area (Å²) in [5.41, 5.74) is 0. The molecule has 2 fully saturated rings. The van der Waals surface area contributed by atoms with Crippen LogP contribution in [-0.4, -0.2) is 66.5 Å². The van der Waals surface area contributed by atoms with Crippen LogP contribution in [0.25, 0.3) is 0 Å². The van der Waals surface area contributed by atoms with Crippen molar-refractivity contribution in [2.24, 2.45) is 0 Å². The quantitative estimate of drug-likeness (QED) is 0.377. The number of aliphatic hydroxyl groups excluding tert-OH is 1. The molecule has 8 heteroatoms. The molecular formula is C8H16IN5O2. The summed E-state index contributed by atoms with van der Waals surface area (Å²) in [6.07, 6.45) is -0.104. The van der Waals surface area contributed by atoms with E-state index in [-0.39, 0.29) is 48.9 Å². The van der Waals surface area contributed by atoms with Gasteiger partial charge >= 0.3 is 12.0 Å². The number of guanidine groups is 1. The van der Waals surface area contributed by atoms with Crippen molar-refractivity contribution in [2.75, 3.05) is 27.2 Å². The average Bonchev–Trinajstić information content (AvgIpc) is 2.73. The summed E-state index contributed by atoms with van der Waals surface area (Å²) < 4.78 is 0. The fourth-order valence-corrected chi connectivity index (χ4v) is 1.88. The Hall–Kier alpha value is -0.770. The van der Waals surface area contributed by atoms with Gasteiger partial charge in [0.2, 0.25) is 12.3 Å². The highest BCUT2D eigenvalue weighted by molar-refractivity contribution is 5.84. The number of likely N-dealkylation sites (N-methyl/N-ethyl adjacent to an activating group) is 2. The Morgan fingerprint density at radius 3 is 2.25 bits per heavy atom. The van der Waals surface area contributed by atoms with Crippen molar-refractivity contribution in [3.63, 3.8) is 0 Å². The van der Waals surface area contributed by atoms with Crippen molar-refractivity contribution >= 4 is 12.0 Å². The number of carbonyl (C=O) groups excluding carboxylic acids is 1. The highest BCUT2D eigenvalue weighted by Crippen LogP contribution is 2.18. The first-order valence-electron chi connectivity index (χ1n) is 4.89. The molecule has 92 valence electrons. The molecule has 2 aliphatic rings. The SMILES string of the molecule is CN1C(=O)N(C)C2NC(=[NH+]CCO)NC21.[I-]. The highest BCUT2D eigenvalue weighted by atomic mass is 127. The summed E-state index contributed by atoms with van der Waals surface area (Å²) in [6, 6.07) is -0.00814. The van der Waals surface area contributed by atoms with Crippen LogP contribution < -0.4 is 39.6 Å². The number of carbonyl (C=O) groups is 1. The van der Waals surface area contributed by atoms with Crippen LogP contribution in [0.5, 0.6) is 0 Å². The molecule has 0 spiro atoms. The molecule has 2 atom stereocenters. The number of nitrogens with zero attached hydrogens (tertiary/aromatic N) is 2. The van der Waals surface area contributed by atoms with Gasteiger partial charge in [0.25, 0.3) is 0 Å². The summed E-state index contributed by atoms with van der Waals surface area (Å²) in [4.78, 5) is 17.8. The lowest BCUT2D eigenvalue weighted by atomic mass is 10.4. The van der Waals surface area contributed by atoms with Gasteiger partial charge < -0.3 is 29.1 Å². The molecule has 0 radical (unpaired) electrons. The van der Waals surface area contributed by atoms with Gasteiger partial charge in [-0.25, -0.2) is 4.79 Å². The number of urea groups is 1. The van der Waals surface area contributed by atoms with Crippen molar-refractivity contribution in [3.8, 4) is 0 Å². The molecule has 0 bridgehead atoms. The van der Waals surface area contributed by atoms with Gasteiger partial charge in [-0.05, 0) is 0 Å². The van der Waals surface area contributed by atoms with E-state index in [9.17, 15) is 4.79 Å². The van der Waals surface area contributed by atoms with Crippen molar-refractivity contribution in [1.29, 1.82) is 0 Å². The summed E-state index contributed by atoms with van der Waals surface area (Å²) >= 11 is 0. The van der Waals surface area contributed by atoms with Crippen molar-refractivity contribution < 1.29 is 38.9 Å². The number of aliphatic hydroxyl groups is 1.